The van der Waals surface area contributed by atoms with Gasteiger partial charge in [-0.25, -0.2) is 4.68 Å². The quantitative estimate of drug-likeness (QED) is 0.434. The Hall–Kier alpha value is -3.11. The highest BCUT2D eigenvalue weighted by Crippen LogP contribution is 2.33. The van der Waals surface area contributed by atoms with Crippen molar-refractivity contribution in [3.8, 4) is 22.7 Å². The Morgan fingerprint density at radius 2 is 1.79 bits per heavy atom. The molecule has 0 bridgehead atoms. The Bertz CT molecular complexity index is 1110. The van der Waals surface area contributed by atoms with Crippen LogP contribution >= 0.6 is 11.6 Å². The topological polar surface area (TPSA) is 39.9 Å². The van der Waals surface area contributed by atoms with E-state index in [1.165, 1.54) is 0 Å². The van der Waals surface area contributed by atoms with E-state index in [2.05, 4.69) is 10.1 Å². The number of halogens is 1. The largest absolute Gasteiger partial charge is 0.487 e. The third-order valence-electron chi connectivity index (χ3n) is 4.47. The second-order valence-corrected chi connectivity index (χ2v) is 7.04. The molecule has 0 atom stereocenters. The molecule has 0 fully saturated rings. The molecule has 28 heavy (non-hydrogen) atoms. The molecule has 2 aromatic heterocycles. The van der Waals surface area contributed by atoms with E-state index in [-0.39, 0.29) is 0 Å². The van der Waals surface area contributed by atoms with Crippen molar-refractivity contribution in [3.63, 3.8) is 0 Å². The number of nitrogens with zero attached hydrogens (tertiary/aromatic N) is 3. The molecule has 4 nitrogen and oxygen atoms in total. The molecule has 0 amide bonds. The number of hydrogen-bond acceptors (Lipinski definition) is 3. The normalized spacial score (nSPS) is 10.8. The number of hydrogen-bond donors (Lipinski definition) is 0. The number of benzene rings is 2. The van der Waals surface area contributed by atoms with Crippen LogP contribution < -0.4 is 4.74 Å². The predicted molar refractivity (Wildman–Crippen MR) is 112 cm³/mol. The maximum Gasteiger partial charge on any atom is 0.139 e. The monoisotopic (exact) mass is 389 g/mol. The summed E-state index contributed by atoms with van der Waals surface area (Å²) in [6.07, 6.45) is 1.78. The van der Waals surface area contributed by atoms with Gasteiger partial charge in [-0.1, -0.05) is 48.0 Å². The van der Waals surface area contributed by atoms with E-state index in [0.29, 0.717) is 17.4 Å². The van der Waals surface area contributed by atoms with Crippen molar-refractivity contribution in [3.05, 3.63) is 94.9 Å². The van der Waals surface area contributed by atoms with E-state index in [1.54, 1.807) is 6.20 Å². The summed E-state index contributed by atoms with van der Waals surface area (Å²) in [6, 6.07) is 21.7. The smallest absolute Gasteiger partial charge is 0.139 e. The van der Waals surface area contributed by atoms with E-state index in [1.807, 2.05) is 85.3 Å². The summed E-state index contributed by atoms with van der Waals surface area (Å²) in [5, 5.41) is 5.17. The van der Waals surface area contributed by atoms with Gasteiger partial charge in [0, 0.05) is 17.5 Å². The highest BCUT2D eigenvalue weighted by Gasteiger charge is 2.14. The Morgan fingerprint density at radius 1 is 0.964 bits per heavy atom. The van der Waals surface area contributed by atoms with Gasteiger partial charge >= 0.3 is 0 Å². The van der Waals surface area contributed by atoms with Crippen molar-refractivity contribution in [1.82, 2.24) is 14.8 Å². The van der Waals surface area contributed by atoms with Gasteiger partial charge in [-0.05, 0) is 49.7 Å². The molecule has 0 radical (unpaired) electrons. The molecular weight excluding hydrogens is 370 g/mol. The first-order valence-electron chi connectivity index (χ1n) is 9.07. The van der Waals surface area contributed by atoms with Gasteiger partial charge in [0.1, 0.15) is 12.4 Å². The van der Waals surface area contributed by atoms with Crippen molar-refractivity contribution in [1.29, 1.82) is 0 Å². The van der Waals surface area contributed by atoms with E-state index in [4.69, 9.17) is 16.3 Å². The first-order chi connectivity index (χ1) is 13.6. The molecule has 0 saturated heterocycles. The number of pyridine rings is 1. The van der Waals surface area contributed by atoms with Crippen molar-refractivity contribution in [2.24, 2.45) is 0 Å². The molecule has 0 saturated carbocycles. The summed E-state index contributed by atoms with van der Waals surface area (Å²) in [4.78, 5) is 4.61. The molecule has 0 aliphatic carbocycles. The van der Waals surface area contributed by atoms with Crippen molar-refractivity contribution in [2.75, 3.05) is 0 Å². The standard InChI is InChI=1S/C23H20ClN3O/c1-16-13-17(2)27(26-16)21-9-6-12-25-23(21)19-10-11-20(24)22(14-19)28-15-18-7-4-3-5-8-18/h3-14H,15H2,1-2H3. The van der Waals surface area contributed by atoms with Crippen molar-refractivity contribution < 1.29 is 4.74 Å². The fourth-order valence-corrected chi connectivity index (χ4v) is 3.33. The minimum atomic E-state index is 0.455. The Labute approximate surface area is 169 Å². The molecule has 5 heteroatoms. The number of aromatic nitrogens is 3. The average Bonchev–Trinajstić information content (AvgIpc) is 3.06. The maximum absolute atomic E-state index is 6.37. The second-order valence-electron chi connectivity index (χ2n) is 6.63. The molecule has 0 spiro atoms. The van der Waals surface area contributed by atoms with Crippen LogP contribution in [0.5, 0.6) is 5.75 Å². The van der Waals surface area contributed by atoms with Gasteiger partial charge in [-0.2, -0.15) is 5.10 Å². The van der Waals surface area contributed by atoms with Gasteiger partial charge in [0.2, 0.25) is 0 Å². The van der Waals surface area contributed by atoms with E-state index < -0.39 is 0 Å². The van der Waals surface area contributed by atoms with Gasteiger partial charge in [0.25, 0.3) is 0 Å². The molecule has 0 aliphatic rings. The van der Waals surface area contributed by atoms with Crippen molar-refractivity contribution in [2.45, 2.75) is 20.5 Å². The first-order valence-corrected chi connectivity index (χ1v) is 9.45. The molecule has 0 aliphatic heterocycles. The lowest BCUT2D eigenvalue weighted by atomic mass is 10.1. The molecule has 0 N–H and O–H groups in total. The minimum absolute atomic E-state index is 0.455. The fourth-order valence-electron chi connectivity index (χ4n) is 3.16. The summed E-state index contributed by atoms with van der Waals surface area (Å²) in [6.45, 7) is 4.47. The van der Waals surface area contributed by atoms with Crippen LogP contribution in [-0.4, -0.2) is 14.8 Å². The van der Waals surface area contributed by atoms with Gasteiger partial charge in [-0.3, -0.25) is 4.98 Å². The molecule has 4 aromatic rings. The highest BCUT2D eigenvalue weighted by molar-refractivity contribution is 6.32. The number of aryl methyl sites for hydroxylation is 2. The lowest BCUT2D eigenvalue weighted by Gasteiger charge is -2.13. The van der Waals surface area contributed by atoms with E-state index in [0.717, 1.165) is 33.9 Å². The van der Waals surface area contributed by atoms with Crippen LogP contribution in [0.4, 0.5) is 0 Å². The SMILES string of the molecule is Cc1cc(C)n(-c2cccnc2-c2ccc(Cl)c(OCc3ccccc3)c2)n1. The molecule has 2 heterocycles. The highest BCUT2D eigenvalue weighted by atomic mass is 35.5. The first kappa shape index (κ1) is 18.3. The van der Waals surface area contributed by atoms with Crippen LogP contribution in [0.25, 0.3) is 16.9 Å². The molecule has 4 rings (SSSR count). The Balaban J connectivity index is 1.70. The van der Waals surface area contributed by atoms with Gasteiger partial charge in [0.05, 0.1) is 22.1 Å². The Kier molecular flexibility index (Phi) is 5.13. The zero-order valence-corrected chi connectivity index (χ0v) is 16.5. The van der Waals surface area contributed by atoms with E-state index in [9.17, 15) is 0 Å². The zero-order valence-electron chi connectivity index (χ0n) is 15.8. The van der Waals surface area contributed by atoms with Crippen LogP contribution in [-0.2, 0) is 6.61 Å². The summed E-state index contributed by atoms with van der Waals surface area (Å²) in [5.74, 6) is 0.632. The molecule has 0 unspecified atom stereocenters. The molecular formula is C23H20ClN3O. The van der Waals surface area contributed by atoms with Crippen LogP contribution in [0.3, 0.4) is 0 Å². The number of ether oxygens (including phenoxy) is 1. The van der Waals surface area contributed by atoms with Crippen LogP contribution in [0.2, 0.25) is 5.02 Å². The van der Waals surface area contributed by atoms with Crippen LogP contribution in [0.1, 0.15) is 17.0 Å². The van der Waals surface area contributed by atoms with Crippen molar-refractivity contribution >= 4 is 11.6 Å². The number of rotatable bonds is 5. The summed E-state index contributed by atoms with van der Waals surface area (Å²) in [7, 11) is 0. The second kappa shape index (κ2) is 7.87. The van der Waals surface area contributed by atoms with Crippen LogP contribution in [0, 0.1) is 13.8 Å². The van der Waals surface area contributed by atoms with Gasteiger partial charge in [-0.15, -0.1) is 0 Å². The average molecular weight is 390 g/mol. The lowest BCUT2D eigenvalue weighted by Crippen LogP contribution is -2.03. The molecule has 2 aromatic carbocycles. The third-order valence-corrected chi connectivity index (χ3v) is 4.78. The summed E-state index contributed by atoms with van der Waals surface area (Å²) in [5.41, 5.74) is 5.79. The zero-order chi connectivity index (χ0) is 19.5. The van der Waals surface area contributed by atoms with Gasteiger partial charge in [0.15, 0.2) is 0 Å². The van der Waals surface area contributed by atoms with Gasteiger partial charge < -0.3 is 4.74 Å². The lowest BCUT2D eigenvalue weighted by molar-refractivity contribution is 0.306. The summed E-state index contributed by atoms with van der Waals surface area (Å²) < 4.78 is 7.89. The maximum atomic E-state index is 6.37. The third kappa shape index (κ3) is 3.78. The fraction of sp³-hybridized carbons (Fsp3) is 0.130. The van der Waals surface area contributed by atoms with Crippen LogP contribution in [0.15, 0.2) is 72.9 Å². The summed E-state index contributed by atoms with van der Waals surface area (Å²) >= 11 is 6.37. The predicted octanol–water partition coefficient (Wildman–Crippen LogP) is 5.78. The van der Waals surface area contributed by atoms with E-state index >= 15 is 0 Å². The minimum Gasteiger partial charge on any atom is -0.487 e. The molecule has 140 valence electrons. The Morgan fingerprint density at radius 3 is 2.54 bits per heavy atom.